The van der Waals surface area contributed by atoms with E-state index in [4.69, 9.17) is 16.7 Å². The van der Waals surface area contributed by atoms with Gasteiger partial charge in [0.15, 0.2) is 0 Å². The zero-order valence-corrected chi connectivity index (χ0v) is 10.8. The van der Waals surface area contributed by atoms with Crippen molar-refractivity contribution in [1.29, 1.82) is 0 Å². The summed E-state index contributed by atoms with van der Waals surface area (Å²) >= 11 is 5.70. The number of nitrogens with zero attached hydrogens (tertiary/aromatic N) is 3. The zero-order chi connectivity index (χ0) is 14.7. The molecule has 1 N–H and O–H groups in total. The number of hydrogen-bond acceptors (Lipinski definition) is 5. The Morgan fingerprint density at radius 2 is 2.16 bits per heavy atom. The second kappa shape index (κ2) is 5.61. The van der Waals surface area contributed by atoms with Crippen LogP contribution in [0.25, 0.3) is 0 Å². The van der Waals surface area contributed by atoms with Gasteiger partial charge in [0.25, 0.3) is 11.6 Å². The van der Waals surface area contributed by atoms with Crippen molar-refractivity contribution in [1.82, 2.24) is 9.88 Å². The molecule has 102 valence electrons. The lowest BCUT2D eigenvalue weighted by Gasteiger charge is -2.21. The van der Waals surface area contributed by atoms with Crippen LogP contribution in [0.5, 0.6) is 0 Å². The second-order valence-corrected chi connectivity index (χ2v) is 4.08. The topological polar surface area (TPSA) is 114 Å². The van der Waals surface area contributed by atoms with Gasteiger partial charge in [0, 0.05) is 13.1 Å². The molecular formula is C10H10ClN3O5. The van der Waals surface area contributed by atoms with Gasteiger partial charge in [-0.1, -0.05) is 11.6 Å². The Morgan fingerprint density at radius 1 is 1.58 bits per heavy atom. The van der Waals surface area contributed by atoms with Crippen LogP contribution >= 0.6 is 11.6 Å². The predicted octanol–water partition coefficient (Wildman–Crippen LogP) is 1.19. The summed E-state index contributed by atoms with van der Waals surface area (Å²) in [5, 5.41) is 19.2. The van der Waals surface area contributed by atoms with Crippen LogP contribution in [-0.2, 0) is 4.79 Å². The Labute approximate surface area is 112 Å². The quantitative estimate of drug-likeness (QED) is 0.505. The maximum Gasteiger partial charge on any atom is 0.326 e. The van der Waals surface area contributed by atoms with E-state index in [9.17, 15) is 19.7 Å². The lowest BCUT2D eigenvalue weighted by molar-refractivity contribution is -0.385. The molecule has 0 aliphatic carbocycles. The van der Waals surface area contributed by atoms with Gasteiger partial charge in [-0.25, -0.2) is 9.78 Å². The molecule has 0 aliphatic heterocycles. The summed E-state index contributed by atoms with van der Waals surface area (Å²) in [5.74, 6) is -1.96. The van der Waals surface area contributed by atoms with Gasteiger partial charge >= 0.3 is 5.97 Å². The van der Waals surface area contributed by atoms with Gasteiger partial charge in [-0.3, -0.25) is 14.9 Å². The summed E-state index contributed by atoms with van der Waals surface area (Å²) in [7, 11) is 1.26. The minimum atomic E-state index is -1.20. The molecule has 0 saturated carbocycles. The van der Waals surface area contributed by atoms with Crippen LogP contribution in [0.2, 0.25) is 5.15 Å². The van der Waals surface area contributed by atoms with E-state index < -0.39 is 28.5 Å². The average molecular weight is 288 g/mol. The highest BCUT2D eigenvalue weighted by Crippen LogP contribution is 2.21. The van der Waals surface area contributed by atoms with Crippen molar-refractivity contribution in [3.05, 3.63) is 33.1 Å². The van der Waals surface area contributed by atoms with Crippen molar-refractivity contribution in [3.8, 4) is 0 Å². The van der Waals surface area contributed by atoms with Crippen LogP contribution < -0.4 is 0 Å². The van der Waals surface area contributed by atoms with Crippen molar-refractivity contribution < 1.29 is 19.6 Å². The number of carbonyl (C=O) groups is 2. The first-order valence-electron chi connectivity index (χ1n) is 5.05. The van der Waals surface area contributed by atoms with E-state index in [1.165, 1.54) is 14.0 Å². The van der Waals surface area contributed by atoms with E-state index in [0.29, 0.717) is 0 Å². The highest BCUT2D eigenvalue weighted by Gasteiger charge is 2.26. The SMILES string of the molecule is CC(C(=O)O)N(C)C(=O)c1cc([N+](=O)[O-])cnc1Cl. The standard InChI is InChI=1S/C10H10ClN3O5/c1-5(10(16)17)13(2)9(15)7-3-6(14(18)19)4-12-8(7)11/h3-5H,1-2H3,(H,16,17). The molecule has 0 aromatic carbocycles. The number of aliphatic carboxylic acids is 1. The summed E-state index contributed by atoms with van der Waals surface area (Å²) < 4.78 is 0. The number of likely N-dealkylation sites (N-methyl/N-ethyl adjacent to an activating group) is 1. The van der Waals surface area contributed by atoms with Gasteiger partial charge < -0.3 is 10.0 Å². The van der Waals surface area contributed by atoms with E-state index in [0.717, 1.165) is 17.2 Å². The van der Waals surface area contributed by atoms with Gasteiger partial charge in [0.1, 0.15) is 17.4 Å². The maximum absolute atomic E-state index is 12.0. The van der Waals surface area contributed by atoms with Crippen LogP contribution in [0.15, 0.2) is 12.3 Å². The fourth-order valence-corrected chi connectivity index (χ4v) is 1.40. The first-order chi connectivity index (χ1) is 8.75. The number of pyridine rings is 1. The summed E-state index contributed by atoms with van der Waals surface area (Å²) in [6.45, 7) is 1.30. The summed E-state index contributed by atoms with van der Waals surface area (Å²) in [6, 6.07) is -0.134. The summed E-state index contributed by atoms with van der Waals surface area (Å²) in [6.07, 6.45) is 0.916. The second-order valence-electron chi connectivity index (χ2n) is 3.72. The van der Waals surface area contributed by atoms with Crippen LogP contribution in [0.1, 0.15) is 17.3 Å². The third-order valence-corrected chi connectivity index (χ3v) is 2.83. The van der Waals surface area contributed by atoms with Crippen LogP contribution in [0, 0.1) is 10.1 Å². The first kappa shape index (κ1) is 14.8. The lowest BCUT2D eigenvalue weighted by Crippen LogP contribution is -2.40. The zero-order valence-electron chi connectivity index (χ0n) is 10.0. The van der Waals surface area contributed by atoms with Crippen LogP contribution in [0.3, 0.4) is 0 Å². The normalized spacial score (nSPS) is 11.7. The number of carboxylic acid groups (broad SMARTS) is 1. The third-order valence-electron chi connectivity index (χ3n) is 2.52. The minimum Gasteiger partial charge on any atom is -0.480 e. The molecule has 1 aromatic heterocycles. The summed E-state index contributed by atoms with van der Waals surface area (Å²) in [4.78, 5) is 37.1. The van der Waals surface area contributed by atoms with Gasteiger partial charge in [0.2, 0.25) is 0 Å². The molecule has 1 atom stereocenters. The fraction of sp³-hybridized carbons (Fsp3) is 0.300. The Kier molecular flexibility index (Phi) is 4.38. The molecule has 1 rings (SSSR count). The number of hydrogen-bond donors (Lipinski definition) is 1. The Morgan fingerprint density at radius 3 is 2.63 bits per heavy atom. The fourth-order valence-electron chi connectivity index (χ4n) is 1.22. The molecule has 0 spiro atoms. The van der Waals surface area contributed by atoms with E-state index in [2.05, 4.69) is 4.98 Å². The molecule has 8 nitrogen and oxygen atoms in total. The minimum absolute atomic E-state index is 0.216. The van der Waals surface area contributed by atoms with Crippen molar-refractivity contribution >= 4 is 29.2 Å². The molecule has 1 aromatic rings. The maximum atomic E-state index is 12.0. The van der Waals surface area contributed by atoms with Crippen molar-refractivity contribution in [2.45, 2.75) is 13.0 Å². The number of nitro groups is 1. The molecule has 1 unspecified atom stereocenters. The van der Waals surface area contributed by atoms with Gasteiger partial charge in [0.05, 0.1) is 10.5 Å². The number of halogens is 1. The Hall–Kier alpha value is -2.22. The van der Waals surface area contributed by atoms with Gasteiger partial charge in [-0.15, -0.1) is 0 Å². The van der Waals surface area contributed by atoms with Crippen molar-refractivity contribution in [3.63, 3.8) is 0 Å². The van der Waals surface area contributed by atoms with E-state index >= 15 is 0 Å². The van der Waals surface area contributed by atoms with Crippen LogP contribution in [0.4, 0.5) is 5.69 Å². The average Bonchev–Trinajstić information content (AvgIpc) is 2.36. The molecule has 19 heavy (non-hydrogen) atoms. The molecular weight excluding hydrogens is 278 g/mol. The smallest absolute Gasteiger partial charge is 0.326 e. The largest absolute Gasteiger partial charge is 0.480 e. The molecule has 0 saturated heterocycles. The first-order valence-corrected chi connectivity index (χ1v) is 5.43. The predicted molar refractivity (Wildman–Crippen MR) is 65.1 cm³/mol. The monoisotopic (exact) mass is 287 g/mol. The number of carboxylic acids is 1. The Bertz CT molecular complexity index is 548. The number of amides is 1. The van der Waals surface area contributed by atoms with Crippen molar-refractivity contribution in [2.24, 2.45) is 0 Å². The van der Waals surface area contributed by atoms with Crippen molar-refractivity contribution in [2.75, 3.05) is 7.05 Å². The molecule has 0 aliphatic rings. The number of aromatic nitrogens is 1. The molecule has 0 radical (unpaired) electrons. The van der Waals surface area contributed by atoms with E-state index in [1.54, 1.807) is 0 Å². The lowest BCUT2D eigenvalue weighted by atomic mass is 10.2. The third kappa shape index (κ3) is 3.16. The highest BCUT2D eigenvalue weighted by atomic mass is 35.5. The highest BCUT2D eigenvalue weighted by molar-refractivity contribution is 6.32. The summed E-state index contributed by atoms with van der Waals surface area (Å²) in [5.41, 5.74) is -0.615. The molecule has 1 amide bonds. The van der Waals surface area contributed by atoms with Crippen LogP contribution in [-0.4, -0.2) is 44.9 Å². The molecule has 1 heterocycles. The molecule has 9 heteroatoms. The van der Waals surface area contributed by atoms with E-state index in [1.807, 2.05) is 0 Å². The van der Waals surface area contributed by atoms with Gasteiger partial charge in [-0.05, 0) is 6.92 Å². The Balaban J connectivity index is 3.15. The van der Waals surface area contributed by atoms with Gasteiger partial charge in [-0.2, -0.15) is 0 Å². The molecule has 0 bridgehead atoms. The van der Waals surface area contributed by atoms with E-state index in [-0.39, 0.29) is 10.7 Å². The number of rotatable bonds is 4. The number of carbonyl (C=O) groups excluding carboxylic acids is 1. The molecule has 0 fully saturated rings.